The van der Waals surface area contributed by atoms with E-state index in [9.17, 15) is 9.59 Å². The van der Waals surface area contributed by atoms with Crippen molar-refractivity contribution in [2.75, 3.05) is 13.2 Å². The Hall–Kier alpha value is -1.67. The van der Waals surface area contributed by atoms with Crippen molar-refractivity contribution < 1.29 is 19.1 Å². The van der Waals surface area contributed by atoms with Crippen LogP contribution in [0.1, 0.15) is 55.7 Å². The van der Waals surface area contributed by atoms with Gasteiger partial charge in [0.05, 0.1) is 12.6 Å². The maximum atomic E-state index is 12.4. The number of esters is 1. The van der Waals surface area contributed by atoms with Crippen LogP contribution in [0.5, 0.6) is 0 Å². The van der Waals surface area contributed by atoms with Gasteiger partial charge in [-0.15, -0.1) is 11.3 Å². The van der Waals surface area contributed by atoms with Crippen molar-refractivity contribution in [3.05, 3.63) is 16.1 Å². The van der Waals surface area contributed by atoms with Gasteiger partial charge >= 0.3 is 12.1 Å². The van der Waals surface area contributed by atoms with E-state index in [0.29, 0.717) is 24.6 Å². The number of likely N-dealkylation sites (tertiary alicyclic amines) is 1. The van der Waals surface area contributed by atoms with E-state index in [2.05, 4.69) is 4.98 Å². The summed E-state index contributed by atoms with van der Waals surface area (Å²) in [6, 6.07) is -0.407. The van der Waals surface area contributed by atoms with Crippen LogP contribution in [-0.2, 0) is 9.47 Å². The molecule has 1 amide bonds. The molecule has 0 unspecified atom stereocenters. The second kappa shape index (κ2) is 6.84. The Morgan fingerprint density at radius 1 is 1.48 bits per heavy atom. The van der Waals surface area contributed by atoms with E-state index in [1.165, 1.54) is 11.3 Å². The molecule has 8 heteroatoms. The molecule has 1 aromatic heterocycles. The van der Waals surface area contributed by atoms with E-state index in [-0.39, 0.29) is 17.8 Å². The number of nitrogens with two attached hydrogens (primary N) is 1. The minimum Gasteiger partial charge on any atom is -0.461 e. The topological polar surface area (TPSA) is 94.8 Å². The van der Waals surface area contributed by atoms with Gasteiger partial charge < -0.3 is 15.2 Å². The van der Waals surface area contributed by atoms with Gasteiger partial charge in [0.25, 0.3) is 0 Å². The predicted molar refractivity (Wildman–Crippen MR) is 86.3 cm³/mol. The number of thiazole rings is 1. The van der Waals surface area contributed by atoms with Crippen LogP contribution in [0.25, 0.3) is 0 Å². The van der Waals surface area contributed by atoms with Gasteiger partial charge in [-0.25, -0.2) is 14.6 Å². The third kappa shape index (κ3) is 4.42. The lowest BCUT2D eigenvalue weighted by molar-refractivity contribution is 0.0222. The quantitative estimate of drug-likeness (QED) is 0.848. The van der Waals surface area contributed by atoms with Crippen molar-refractivity contribution in [2.24, 2.45) is 5.73 Å². The molecule has 1 saturated heterocycles. The molecule has 2 atom stereocenters. The van der Waals surface area contributed by atoms with Crippen LogP contribution >= 0.6 is 11.3 Å². The second-order valence-corrected chi connectivity index (χ2v) is 7.33. The maximum absolute atomic E-state index is 12.4. The Morgan fingerprint density at radius 3 is 2.78 bits per heavy atom. The summed E-state index contributed by atoms with van der Waals surface area (Å²) in [7, 11) is 0. The number of amides is 1. The van der Waals surface area contributed by atoms with Gasteiger partial charge in [-0.05, 0) is 34.1 Å². The Bertz CT molecular complexity index is 582. The van der Waals surface area contributed by atoms with Gasteiger partial charge in [0.15, 0.2) is 5.69 Å². The van der Waals surface area contributed by atoms with Crippen LogP contribution in [-0.4, -0.2) is 46.7 Å². The van der Waals surface area contributed by atoms with Gasteiger partial charge in [-0.1, -0.05) is 0 Å². The van der Waals surface area contributed by atoms with Gasteiger partial charge in [-0.2, -0.15) is 0 Å². The molecular formula is C15H23N3O4S. The first-order valence-electron chi connectivity index (χ1n) is 7.59. The largest absolute Gasteiger partial charge is 0.461 e. The Morgan fingerprint density at radius 2 is 2.17 bits per heavy atom. The van der Waals surface area contributed by atoms with Crippen LogP contribution in [0.4, 0.5) is 4.79 Å². The first-order chi connectivity index (χ1) is 10.7. The number of hydrogen-bond acceptors (Lipinski definition) is 7. The summed E-state index contributed by atoms with van der Waals surface area (Å²) in [6.45, 7) is 7.90. The lowest BCUT2D eigenvalue weighted by Gasteiger charge is -2.27. The van der Waals surface area contributed by atoms with Crippen molar-refractivity contribution >= 4 is 23.4 Å². The molecule has 2 rings (SSSR count). The fourth-order valence-electron chi connectivity index (χ4n) is 2.36. The van der Waals surface area contributed by atoms with Crippen molar-refractivity contribution in [1.29, 1.82) is 0 Å². The van der Waals surface area contributed by atoms with Crippen LogP contribution in [0.15, 0.2) is 5.38 Å². The van der Waals surface area contributed by atoms with E-state index in [1.807, 2.05) is 20.8 Å². The molecule has 1 aliphatic heterocycles. The molecule has 1 fully saturated rings. The fraction of sp³-hybridized carbons (Fsp3) is 0.667. The summed E-state index contributed by atoms with van der Waals surface area (Å²) in [6.07, 6.45) is 0.179. The van der Waals surface area contributed by atoms with Crippen molar-refractivity contribution in [3.8, 4) is 0 Å². The first-order valence-corrected chi connectivity index (χ1v) is 8.47. The number of carbonyl (C=O) groups is 2. The predicted octanol–water partition coefficient (Wildman–Crippen LogP) is 2.33. The fourth-order valence-corrected chi connectivity index (χ4v) is 3.28. The van der Waals surface area contributed by atoms with Crippen LogP contribution in [0, 0.1) is 0 Å². The van der Waals surface area contributed by atoms with Gasteiger partial charge in [-0.3, -0.25) is 4.90 Å². The normalized spacial score (nSPS) is 21.3. The first kappa shape index (κ1) is 17.7. The highest BCUT2D eigenvalue weighted by molar-refractivity contribution is 7.09. The molecule has 23 heavy (non-hydrogen) atoms. The zero-order chi connectivity index (χ0) is 17.2. The summed E-state index contributed by atoms with van der Waals surface area (Å²) in [5, 5.41) is 2.32. The average Bonchev–Trinajstić information content (AvgIpc) is 3.03. The third-order valence-electron chi connectivity index (χ3n) is 3.25. The highest BCUT2D eigenvalue weighted by atomic mass is 32.1. The monoisotopic (exact) mass is 341 g/mol. The highest BCUT2D eigenvalue weighted by Gasteiger charge is 2.38. The second-order valence-electron chi connectivity index (χ2n) is 6.44. The summed E-state index contributed by atoms with van der Waals surface area (Å²) in [5.41, 5.74) is 5.69. The van der Waals surface area contributed by atoms with Crippen LogP contribution in [0.2, 0.25) is 0 Å². The third-order valence-corrected chi connectivity index (χ3v) is 4.20. The minimum atomic E-state index is -0.576. The van der Waals surface area contributed by atoms with E-state index in [4.69, 9.17) is 15.2 Å². The number of ether oxygens (including phenoxy) is 2. The van der Waals surface area contributed by atoms with Crippen LogP contribution in [0.3, 0.4) is 0 Å². The highest BCUT2D eigenvalue weighted by Crippen LogP contribution is 2.34. The van der Waals surface area contributed by atoms with Gasteiger partial charge in [0.2, 0.25) is 0 Å². The SMILES string of the molecule is CCOC(=O)c1csc([C@@H]2C[C@H](N)CN2C(=O)OC(C)(C)C)n1. The van der Waals surface area contributed by atoms with Gasteiger partial charge in [0.1, 0.15) is 10.6 Å². The summed E-state index contributed by atoms with van der Waals surface area (Å²) in [5.74, 6) is -0.457. The Labute approximate surface area is 139 Å². The van der Waals surface area contributed by atoms with E-state index in [1.54, 1.807) is 17.2 Å². The molecule has 0 radical (unpaired) electrons. The zero-order valence-corrected chi connectivity index (χ0v) is 14.7. The van der Waals surface area contributed by atoms with Gasteiger partial charge in [0, 0.05) is 18.0 Å². The molecule has 0 aliphatic carbocycles. The van der Waals surface area contributed by atoms with E-state index < -0.39 is 17.7 Å². The standard InChI is InChI=1S/C15H23N3O4S/c1-5-21-13(19)10-8-23-12(17-10)11-6-9(16)7-18(11)14(20)22-15(2,3)4/h8-9,11H,5-7,16H2,1-4H3/t9-,11-/m0/s1. The van der Waals surface area contributed by atoms with Crippen molar-refractivity contribution in [1.82, 2.24) is 9.88 Å². The summed E-state index contributed by atoms with van der Waals surface area (Å²) in [4.78, 5) is 30.0. The van der Waals surface area contributed by atoms with Crippen molar-refractivity contribution in [3.63, 3.8) is 0 Å². The summed E-state index contributed by atoms with van der Waals surface area (Å²) < 4.78 is 10.4. The molecular weight excluding hydrogens is 318 g/mol. The van der Waals surface area contributed by atoms with Crippen molar-refractivity contribution in [2.45, 2.75) is 51.8 Å². The molecule has 0 saturated carbocycles. The Kier molecular flexibility index (Phi) is 5.26. The number of rotatable bonds is 3. The van der Waals surface area contributed by atoms with Crippen LogP contribution < -0.4 is 5.73 Å². The molecule has 2 N–H and O–H groups in total. The van der Waals surface area contributed by atoms with E-state index in [0.717, 1.165) is 0 Å². The molecule has 1 aliphatic rings. The summed E-state index contributed by atoms with van der Waals surface area (Å²) >= 11 is 1.33. The molecule has 7 nitrogen and oxygen atoms in total. The molecule has 2 heterocycles. The molecule has 1 aromatic rings. The minimum absolute atomic E-state index is 0.137. The number of aromatic nitrogens is 1. The molecule has 0 aromatic carbocycles. The van der Waals surface area contributed by atoms with E-state index >= 15 is 0 Å². The lowest BCUT2D eigenvalue weighted by atomic mass is 10.2. The smallest absolute Gasteiger partial charge is 0.410 e. The maximum Gasteiger partial charge on any atom is 0.410 e. The lowest BCUT2D eigenvalue weighted by Crippen LogP contribution is -2.38. The molecule has 0 bridgehead atoms. The number of nitrogens with zero attached hydrogens (tertiary/aromatic N) is 2. The molecule has 128 valence electrons. The molecule has 0 spiro atoms. The number of carbonyl (C=O) groups excluding carboxylic acids is 2. The Balaban J connectivity index is 2.16. The average molecular weight is 341 g/mol. The number of hydrogen-bond donors (Lipinski definition) is 1. The zero-order valence-electron chi connectivity index (χ0n) is 13.9.